The minimum Gasteiger partial charge on any atom is -0.481 e. The van der Waals surface area contributed by atoms with E-state index in [1.54, 1.807) is 24.3 Å². The molecule has 3 aromatic rings. The van der Waals surface area contributed by atoms with Crippen molar-refractivity contribution in [3.05, 3.63) is 95.3 Å². The van der Waals surface area contributed by atoms with Crippen LogP contribution in [-0.2, 0) is 27.5 Å². The Morgan fingerprint density at radius 2 is 1.75 bits per heavy atom. The summed E-state index contributed by atoms with van der Waals surface area (Å²) in [5, 5.41) is 15.7. The summed E-state index contributed by atoms with van der Waals surface area (Å²) >= 11 is 0. The second-order valence-electron chi connectivity index (χ2n) is 8.75. The van der Waals surface area contributed by atoms with E-state index in [4.69, 9.17) is 0 Å². The fourth-order valence-electron chi connectivity index (χ4n) is 4.15. The molecule has 0 amide bonds. The van der Waals surface area contributed by atoms with Crippen molar-refractivity contribution in [1.82, 2.24) is 5.32 Å². The van der Waals surface area contributed by atoms with Gasteiger partial charge in [-0.2, -0.15) is 0 Å². The van der Waals surface area contributed by atoms with Gasteiger partial charge >= 0.3 is 5.97 Å². The van der Waals surface area contributed by atoms with E-state index in [2.05, 4.69) is 21.7 Å². The minimum atomic E-state index is -3.75. The van der Waals surface area contributed by atoms with Gasteiger partial charge in [-0.1, -0.05) is 36.4 Å². The Labute approximate surface area is 210 Å². The minimum absolute atomic E-state index is 0.139. The summed E-state index contributed by atoms with van der Waals surface area (Å²) in [7, 11) is -3.75. The van der Waals surface area contributed by atoms with Gasteiger partial charge in [0.05, 0.1) is 23.6 Å². The van der Waals surface area contributed by atoms with Gasteiger partial charge in [0.15, 0.2) is 15.8 Å². The number of aliphatic imine (C=N–C) groups is 1. The number of carboxylic acid groups (broad SMARTS) is 1. The van der Waals surface area contributed by atoms with Crippen molar-refractivity contribution in [3.63, 3.8) is 0 Å². The van der Waals surface area contributed by atoms with Crippen molar-refractivity contribution in [2.24, 2.45) is 4.99 Å². The van der Waals surface area contributed by atoms with Crippen molar-refractivity contribution < 1.29 is 22.7 Å². The molecule has 0 aliphatic carbocycles. The summed E-state index contributed by atoms with van der Waals surface area (Å²) in [6.45, 7) is 1.60. The molecule has 0 fully saturated rings. The number of aryl methyl sites for hydroxylation is 2. The average molecular weight is 510 g/mol. The lowest BCUT2D eigenvalue weighted by atomic mass is 9.98. The van der Waals surface area contributed by atoms with Crippen LogP contribution in [-0.4, -0.2) is 44.3 Å². The molecule has 0 aromatic heterocycles. The first-order valence-corrected chi connectivity index (χ1v) is 13.4. The highest BCUT2D eigenvalue weighted by molar-refractivity contribution is 7.91. The number of hydrogen-bond donors (Lipinski definition) is 3. The first-order valence-electron chi connectivity index (χ1n) is 11.7. The maximum Gasteiger partial charge on any atom is 0.303 e. The quantitative estimate of drug-likeness (QED) is 0.381. The molecule has 3 aromatic carbocycles. The molecule has 0 saturated carbocycles. The number of hydrogen-bond acceptors (Lipinski definition) is 6. The van der Waals surface area contributed by atoms with Crippen molar-refractivity contribution in [3.8, 4) is 0 Å². The summed E-state index contributed by atoms with van der Waals surface area (Å²) in [5.41, 5.74) is 3.58. The number of rotatable bonds is 10. The molecule has 0 saturated heterocycles. The van der Waals surface area contributed by atoms with Gasteiger partial charge < -0.3 is 15.7 Å². The molecule has 1 unspecified atom stereocenters. The Morgan fingerprint density at radius 3 is 2.42 bits per heavy atom. The molecular weight excluding hydrogens is 481 g/mol. The van der Waals surface area contributed by atoms with Crippen LogP contribution in [0, 0.1) is 5.82 Å². The highest BCUT2D eigenvalue weighted by Crippen LogP contribution is 2.26. The van der Waals surface area contributed by atoms with E-state index < -0.39 is 27.5 Å². The summed E-state index contributed by atoms with van der Waals surface area (Å²) in [6, 6.07) is 20.1. The standard InChI is InChI=1S/C27H28FN3O4S/c28-23-10-8-21(9-11-23)22(17-26(32)33)18-36(34,35)25-12-6-19(7-13-25)4-5-20-2-1-3-24(16-20)31-27-29-14-15-30-27/h1-3,6-13,16,22H,4-5,14-15,17-18H2,(H,32,33)(H2,29,30,31). The Kier molecular flexibility index (Phi) is 8.00. The number of halogens is 1. The topological polar surface area (TPSA) is 108 Å². The number of sulfone groups is 1. The van der Waals surface area contributed by atoms with Crippen LogP contribution in [0.15, 0.2) is 82.7 Å². The number of guanidine groups is 1. The van der Waals surface area contributed by atoms with Crippen LogP contribution < -0.4 is 10.6 Å². The summed E-state index contributed by atoms with van der Waals surface area (Å²) in [4.78, 5) is 15.8. The van der Waals surface area contributed by atoms with Gasteiger partial charge in [-0.3, -0.25) is 9.79 Å². The largest absolute Gasteiger partial charge is 0.481 e. The summed E-state index contributed by atoms with van der Waals surface area (Å²) in [5.74, 6) is -1.95. The van der Waals surface area contributed by atoms with Crippen LogP contribution in [0.5, 0.6) is 0 Å². The highest BCUT2D eigenvalue weighted by atomic mass is 32.2. The van der Waals surface area contributed by atoms with Gasteiger partial charge in [0.2, 0.25) is 0 Å². The predicted octanol–water partition coefficient (Wildman–Crippen LogP) is 4.01. The highest BCUT2D eigenvalue weighted by Gasteiger charge is 2.25. The van der Waals surface area contributed by atoms with E-state index in [1.807, 2.05) is 18.2 Å². The van der Waals surface area contributed by atoms with Gasteiger partial charge in [0, 0.05) is 18.2 Å². The SMILES string of the molecule is O=C(O)CC(CS(=O)(=O)c1ccc(CCc2cccc(NC3=NCCN3)c2)cc1)c1ccc(F)cc1. The fraction of sp³-hybridized carbons (Fsp3) is 0.259. The Hall–Kier alpha value is -3.72. The van der Waals surface area contributed by atoms with Gasteiger partial charge in [0.1, 0.15) is 5.82 Å². The molecule has 0 bridgehead atoms. The van der Waals surface area contributed by atoms with Crippen molar-refractivity contribution in [2.75, 3.05) is 24.2 Å². The second kappa shape index (κ2) is 11.3. The molecule has 0 radical (unpaired) electrons. The number of anilines is 1. The van der Waals surface area contributed by atoms with Crippen molar-refractivity contribution in [1.29, 1.82) is 0 Å². The third-order valence-corrected chi connectivity index (χ3v) is 7.86. The van der Waals surface area contributed by atoms with Gasteiger partial charge in [-0.05, 0) is 65.9 Å². The van der Waals surface area contributed by atoms with Crippen LogP contribution in [0.4, 0.5) is 10.1 Å². The number of nitrogens with one attached hydrogen (secondary N) is 2. The number of nitrogens with zero attached hydrogens (tertiary/aromatic N) is 1. The monoisotopic (exact) mass is 509 g/mol. The molecule has 1 aliphatic heterocycles. The lowest BCUT2D eigenvalue weighted by Crippen LogP contribution is -2.26. The third kappa shape index (κ3) is 6.91. The van der Waals surface area contributed by atoms with Crippen molar-refractivity contribution in [2.45, 2.75) is 30.1 Å². The molecule has 4 rings (SSSR count). The Bertz CT molecular complexity index is 1340. The molecular formula is C27H28FN3O4S. The molecule has 1 atom stereocenters. The molecule has 1 heterocycles. The molecule has 1 aliphatic rings. The normalized spacial score (nSPS) is 14.1. The van der Waals surface area contributed by atoms with Crippen LogP contribution in [0.1, 0.15) is 29.0 Å². The van der Waals surface area contributed by atoms with Gasteiger partial charge in [0.25, 0.3) is 0 Å². The van der Waals surface area contributed by atoms with E-state index in [0.29, 0.717) is 5.56 Å². The zero-order valence-electron chi connectivity index (χ0n) is 19.7. The lowest BCUT2D eigenvalue weighted by Gasteiger charge is -2.16. The lowest BCUT2D eigenvalue weighted by molar-refractivity contribution is -0.137. The fourth-order valence-corrected chi connectivity index (χ4v) is 5.74. The van der Waals surface area contributed by atoms with Crippen LogP contribution >= 0.6 is 0 Å². The van der Waals surface area contributed by atoms with Crippen LogP contribution in [0.2, 0.25) is 0 Å². The number of carbonyl (C=O) groups is 1. The first kappa shape index (κ1) is 25.4. The number of benzene rings is 3. The summed E-state index contributed by atoms with van der Waals surface area (Å²) < 4.78 is 39.4. The van der Waals surface area contributed by atoms with Crippen molar-refractivity contribution >= 4 is 27.5 Å². The molecule has 36 heavy (non-hydrogen) atoms. The zero-order valence-corrected chi connectivity index (χ0v) is 20.5. The van der Waals surface area contributed by atoms with E-state index >= 15 is 0 Å². The number of aliphatic carboxylic acids is 1. The number of carboxylic acids is 1. The molecule has 7 nitrogen and oxygen atoms in total. The van der Waals surface area contributed by atoms with Crippen LogP contribution in [0.25, 0.3) is 0 Å². The van der Waals surface area contributed by atoms with Crippen LogP contribution in [0.3, 0.4) is 0 Å². The molecule has 0 spiro atoms. The van der Waals surface area contributed by atoms with Gasteiger partial charge in [-0.15, -0.1) is 0 Å². The second-order valence-corrected chi connectivity index (χ2v) is 10.8. The maximum absolute atomic E-state index is 13.3. The predicted molar refractivity (Wildman–Crippen MR) is 138 cm³/mol. The molecule has 188 valence electrons. The molecule has 3 N–H and O–H groups in total. The Morgan fingerprint density at radius 1 is 1.03 bits per heavy atom. The summed E-state index contributed by atoms with van der Waals surface area (Å²) in [6.07, 6.45) is 1.16. The van der Waals surface area contributed by atoms with E-state index in [0.717, 1.165) is 48.7 Å². The zero-order chi connectivity index (χ0) is 25.5. The van der Waals surface area contributed by atoms with Gasteiger partial charge in [-0.25, -0.2) is 12.8 Å². The average Bonchev–Trinajstić information content (AvgIpc) is 3.36. The van der Waals surface area contributed by atoms with E-state index in [-0.39, 0.29) is 17.1 Å². The smallest absolute Gasteiger partial charge is 0.303 e. The maximum atomic E-state index is 13.3. The Balaban J connectivity index is 1.40. The first-order chi connectivity index (χ1) is 17.3. The third-order valence-electron chi connectivity index (χ3n) is 6.03. The van der Waals surface area contributed by atoms with E-state index in [1.165, 1.54) is 24.3 Å². The van der Waals surface area contributed by atoms with E-state index in [9.17, 15) is 22.7 Å². The molecule has 9 heteroatoms.